The van der Waals surface area contributed by atoms with Crippen LogP contribution < -0.4 is 10.2 Å². The predicted octanol–water partition coefficient (Wildman–Crippen LogP) is 6.36. The number of β-amino-alcohol motifs (C(OH)–C–C–N with tert-alkyl or cyclic N) is 1. The van der Waals surface area contributed by atoms with Crippen LogP contribution in [0.15, 0.2) is 47.6 Å². The summed E-state index contributed by atoms with van der Waals surface area (Å²) in [6.07, 6.45) is 2.28. The van der Waals surface area contributed by atoms with Crippen molar-refractivity contribution in [2.45, 2.75) is 73.6 Å². The van der Waals surface area contributed by atoms with Gasteiger partial charge >= 0.3 is 10.2 Å². The number of nitriles is 1. The first-order valence-corrected chi connectivity index (χ1v) is 15.2. The van der Waals surface area contributed by atoms with Crippen molar-refractivity contribution in [3.63, 3.8) is 0 Å². The molecule has 2 aliphatic rings. The smallest absolute Gasteiger partial charge is 0.310 e. The maximum absolute atomic E-state index is 14.2. The maximum atomic E-state index is 14.2. The number of amides is 2. The molecular formula is C27H27F7N6O3S. The normalized spacial score (nSPS) is 24.2. The molecule has 1 aromatic heterocycles. The minimum Gasteiger partial charge on any atom is -0.388 e. The highest BCUT2D eigenvalue weighted by atomic mass is 32.5. The van der Waals surface area contributed by atoms with Crippen LogP contribution in [0.4, 0.5) is 39.6 Å². The van der Waals surface area contributed by atoms with Crippen LogP contribution in [0.3, 0.4) is 0 Å². The Labute approximate surface area is 247 Å². The van der Waals surface area contributed by atoms with Gasteiger partial charge < -0.3 is 10.4 Å². The number of nitrogens with zero attached hydrogens (tertiary/aromatic N) is 5. The van der Waals surface area contributed by atoms with Crippen molar-refractivity contribution >= 4 is 33.4 Å². The first-order valence-electron chi connectivity index (χ1n) is 13.2. The number of aliphatic hydroxyl groups is 1. The summed E-state index contributed by atoms with van der Waals surface area (Å²) in [4.78, 5) is 34.7. The molecule has 3 unspecified atom stereocenters. The third-order valence-corrected chi connectivity index (χ3v) is 8.71. The number of pyridine rings is 1. The molecule has 1 saturated heterocycles. The van der Waals surface area contributed by atoms with E-state index in [9.17, 15) is 48.2 Å². The van der Waals surface area contributed by atoms with Crippen molar-refractivity contribution in [2.24, 2.45) is 0 Å². The van der Waals surface area contributed by atoms with Gasteiger partial charge in [0.2, 0.25) is 11.8 Å². The Morgan fingerprint density at radius 3 is 2.34 bits per heavy atom. The fraction of sp³-hybridized carbons (Fsp3) is 0.444. The van der Waals surface area contributed by atoms with E-state index in [-0.39, 0.29) is 49.2 Å². The number of aromatic nitrogens is 1. The van der Waals surface area contributed by atoms with E-state index >= 15 is 0 Å². The highest BCUT2D eigenvalue weighted by molar-refractivity contribution is 8.45. The molecule has 1 aromatic carbocycles. The number of anilines is 1. The summed E-state index contributed by atoms with van der Waals surface area (Å²) in [5.74, 6) is -5.05. The van der Waals surface area contributed by atoms with Crippen LogP contribution in [0, 0.1) is 18.0 Å². The van der Waals surface area contributed by atoms with Gasteiger partial charge in [0.25, 0.3) is 5.91 Å². The Morgan fingerprint density at radius 1 is 1.18 bits per heavy atom. The van der Waals surface area contributed by atoms with E-state index in [2.05, 4.69) is 15.1 Å². The number of alkyl halides is 2. The number of nitrogens with one attached hydrogen (secondary N) is 1. The van der Waals surface area contributed by atoms with E-state index in [1.807, 2.05) is 0 Å². The highest BCUT2D eigenvalue weighted by Crippen LogP contribution is 3.02. The van der Waals surface area contributed by atoms with Crippen LogP contribution in [-0.4, -0.2) is 57.0 Å². The van der Waals surface area contributed by atoms with Crippen molar-refractivity contribution in [3.05, 3.63) is 59.7 Å². The first kappa shape index (κ1) is 32.8. The molecule has 2 heterocycles. The van der Waals surface area contributed by atoms with Gasteiger partial charge in [0.1, 0.15) is 17.0 Å². The molecule has 44 heavy (non-hydrogen) atoms. The van der Waals surface area contributed by atoms with Crippen molar-refractivity contribution in [3.8, 4) is 6.19 Å². The number of hydrogen-bond donors (Lipinski definition) is 2. The number of hydrogen-bond acceptors (Lipinski definition) is 6. The van der Waals surface area contributed by atoms with Crippen LogP contribution in [0.25, 0.3) is 4.85 Å². The van der Waals surface area contributed by atoms with E-state index in [0.29, 0.717) is 17.0 Å². The lowest BCUT2D eigenvalue weighted by atomic mass is 9.91. The molecule has 1 aliphatic carbocycles. The molecular weight excluding hydrogens is 621 g/mol. The molecule has 0 bridgehead atoms. The summed E-state index contributed by atoms with van der Waals surface area (Å²) in [6.45, 7) is 8.60. The Hall–Kier alpha value is -4.09. The van der Waals surface area contributed by atoms with Crippen molar-refractivity contribution in [1.29, 1.82) is 5.26 Å². The lowest BCUT2D eigenvalue weighted by Gasteiger charge is -2.41. The third kappa shape index (κ3) is 7.16. The number of halogens is 7. The Bertz CT molecular complexity index is 1530. The van der Waals surface area contributed by atoms with E-state index in [0.717, 1.165) is 11.1 Å². The van der Waals surface area contributed by atoms with E-state index in [1.54, 1.807) is 6.19 Å². The Balaban J connectivity index is 1.88. The largest absolute Gasteiger partial charge is 0.388 e. The van der Waals surface area contributed by atoms with Gasteiger partial charge in [-0.25, -0.2) is 13.6 Å². The van der Waals surface area contributed by atoms with Gasteiger partial charge in [0, 0.05) is 48.9 Å². The average Bonchev–Trinajstić information content (AvgIpc) is 3.25. The molecule has 9 nitrogen and oxygen atoms in total. The number of carbonyl (C=O) groups excluding carboxylic acids is 2. The lowest BCUT2D eigenvalue weighted by molar-refractivity contribution is -0.129. The number of rotatable bonds is 7. The van der Waals surface area contributed by atoms with Gasteiger partial charge in [-0.2, -0.15) is 5.26 Å². The quantitative estimate of drug-likeness (QED) is 0.205. The van der Waals surface area contributed by atoms with Crippen LogP contribution in [0.1, 0.15) is 50.6 Å². The van der Waals surface area contributed by atoms with Crippen molar-refractivity contribution in [1.82, 2.24) is 15.2 Å². The fourth-order valence-corrected chi connectivity index (χ4v) is 6.05. The Morgan fingerprint density at radius 2 is 1.80 bits per heavy atom. The zero-order chi connectivity index (χ0) is 32.8. The first-order chi connectivity index (χ1) is 20.1. The summed E-state index contributed by atoms with van der Waals surface area (Å²) in [5.41, 5.74) is -2.47. The molecule has 238 valence electrons. The van der Waals surface area contributed by atoms with Crippen molar-refractivity contribution in [2.75, 3.05) is 11.4 Å². The number of benzene rings is 1. The Kier molecular flexibility index (Phi) is 7.85. The van der Waals surface area contributed by atoms with Gasteiger partial charge in [-0.1, -0.05) is 19.4 Å². The van der Waals surface area contributed by atoms with E-state index in [1.165, 1.54) is 19.2 Å². The van der Waals surface area contributed by atoms with Gasteiger partial charge in [0.15, 0.2) is 11.9 Å². The van der Waals surface area contributed by atoms with Crippen LogP contribution in [-0.2, 0) is 9.59 Å². The summed E-state index contributed by atoms with van der Waals surface area (Å²) < 4.78 is 95.2. The summed E-state index contributed by atoms with van der Waals surface area (Å²) in [5, 5.41) is 22.8. The molecule has 3 atom stereocenters. The van der Waals surface area contributed by atoms with Crippen LogP contribution >= 0.6 is 10.2 Å². The molecule has 17 heteroatoms. The molecule has 2 fully saturated rings. The van der Waals surface area contributed by atoms with Gasteiger partial charge in [-0.05, 0) is 50.1 Å². The minimum absolute atomic E-state index is 0.0429. The fourth-order valence-electron chi connectivity index (χ4n) is 5.40. The summed E-state index contributed by atoms with van der Waals surface area (Å²) in [6, 6.07) is -1.75. The second-order valence-corrected chi connectivity index (χ2v) is 13.6. The standard InChI is InChI=1S/C27H27F7N6O3S/c1-26(43)13-22(39(15-26)16-35)25(42)40(18-3-5-19(6-4-18)44(30,31,32,33)34)23(20-14-37-12-9-21(20)36-2)24(41)38-17-7-10-27(28,29)11-8-17/h3-6,9,12,14,17,22-23,43H,7-8,10-11,13,15H2,1H3,(H,38,41). The minimum atomic E-state index is -10.2. The van der Waals surface area contributed by atoms with E-state index in [4.69, 9.17) is 6.57 Å². The van der Waals surface area contributed by atoms with Gasteiger partial charge in [-0.3, -0.25) is 24.4 Å². The third-order valence-electron chi connectivity index (χ3n) is 7.54. The molecule has 4 rings (SSSR count). The van der Waals surface area contributed by atoms with Crippen LogP contribution in [0.2, 0.25) is 0 Å². The monoisotopic (exact) mass is 648 g/mol. The average molecular weight is 649 g/mol. The molecule has 0 spiro atoms. The highest BCUT2D eigenvalue weighted by Gasteiger charge is 2.65. The molecule has 1 saturated carbocycles. The number of likely N-dealkylation sites (tertiary alicyclic amines) is 1. The molecule has 2 N–H and O–H groups in total. The zero-order valence-corrected chi connectivity index (χ0v) is 23.9. The number of carbonyl (C=O) groups is 2. The van der Waals surface area contributed by atoms with Gasteiger partial charge in [0.05, 0.1) is 18.7 Å². The van der Waals surface area contributed by atoms with Gasteiger partial charge in [-0.15, -0.1) is 0 Å². The van der Waals surface area contributed by atoms with Crippen LogP contribution in [0.5, 0.6) is 0 Å². The molecule has 1 aliphatic heterocycles. The predicted molar refractivity (Wildman–Crippen MR) is 145 cm³/mol. The summed E-state index contributed by atoms with van der Waals surface area (Å²) in [7, 11) is -10.2. The maximum Gasteiger partial charge on any atom is 0.310 e. The molecule has 0 radical (unpaired) electrons. The second-order valence-electron chi connectivity index (χ2n) is 11.2. The lowest BCUT2D eigenvalue weighted by Crippen LogP contribution is -2.52. The van der Waals surface area contributed by atoms with E-state index < -0.39 is 75.1 Å². The van der Waals surface area contributed by atoms with Crippen molar-refractivity contribution < 1.29 is 42.9 Å². The second kappa shape index (κ2) is 10.5. The molecule has 2 amide bonds. The molecule has 2 aromatic rings. The summed E-state index contributed by atoms with van der Waals surface area (Å²) >= 11 is 0. The SMILES string of the molecule is [C-]#[N+]c1ccncc1C(C(=O)NC1CCC(F)(F)CC1)N(C(=O)C1CC(C)(O)CN1C#N)c1ccc(S(F)(F)(F)(F)F)cc1. The topological polar surface area (TPSA) is 114 Å². The zero-order valence-electron chi connectivity index (χ0n) is 23.1.